The van der Waals surface area contributed by atoms with Gasteiger partial charge in [0.25, 0.3) is 0 Å². The van der Waals surface area contributed by atoms with Crippen LogP contribution in [0.3, 0.4) is 0 Å². The molecule has 3 rings (SSSR count). The number of pyridine rings is 1. The van der Waals surface area contributed by atoms with E-state index >= 15 is 0 Å². The van der Waals surface area contributed by atoms with E-state index in [4.69, 9.17) is 11.6 Å². The number of hydrogen-bond acceptors (Lipinski definition) is 5. The SMILES string of the molecule is CN(CC(=O)N1CCCC(C2CCNN2)C1)c1ccc(Cl)cn1. The van der Waals surface area contributed by atoms with Gasteiger partial charge in [0.15, 0.2) is 0 Å². The van der Waals surface area contributed by atoms with Crippen LogP contribution in [0.1, 0.15) is 19.3 Å². The summed E-state index contributed by atoms with van der Waals surface area (Å²) in [5.41, 5.74) is 6.53. The number of halogens is 1. The topological polar surface area (TPSA) is 60.5 Å². The Morgan fingerprint density at radius 1 is 1.48 bits per heavy atom. The van der Waals surface area contributed by atoms with Crippen LogP contribution in [0, 0.1) is 5.92 Å². The quantitative estimate of drug-likeness (QED) is 0.866. The molecule has 0 aliphatic carbocycles. The molecule has 1 aromatic heterocycles. The predicted octanol–water partition coefficient (Wildman–Crippen LogP) is 1.28. The van der Waals surface area contributed by atoms with E-state index in [0.29, 0.717) is 23.5 Å². The van der Waals surface area contributed by atoms with E-state index in [9.17, 15) is 4.79 Å². The van der Waals surface area contributed by atoms with Gasteiger partial charge in [-0.1, -0.05) is 11.6 Å². The van der Waals surface area contributed by atoms with Crippen molar-refractivity contribution in [3.63, 3.8) is 0 Å². The van der Waals surface area contributed by atoms with Gasteiger partial charge in [0, 0.05) is 38.9 Å². The smallest absolute Gasteiger partial charge is 0.242 e. The Morgan fingerprint density at radius 3 is 3.04 bits per heavy atom. The summed E-state index contributed by atoms with van der Waals surface area (Å²) >= 11 is 5.85. The monoisotopic (exact) mass is 337 g/mol. The second-order valence-corrected chi connectivity index (χ2v) is 6.84. The zero-order valence-corrected chi connectivity index (χ0v) is 14.2. The molecule has 2 aliphatic heterocycles. The molecule has 0 radical (unpaired) electrons. The number of likely N-dealkylation sites (tertiary alicyclic amines) is 1. The highest BCUT2D eigenvalue weighted by molar-refractivity contribution is 6.30. The van der Waals surface area contributed by atoms with Gasteiger partial charge >= 0.3 is 0 Å². The molecule has 0 bridgehead atoms. The van der Waals surface area contributed by atoms with Gasteiger partial charge in [0.1, 0.15) is 5.82 Å². The van der Waals surface area contributed by atoms with Gasteiger partial charge in [-0.15, -0.1) is 0 Å². The number of aromatic nitrogens is 1. The largest absolute Gasteiger partial charge is 0.350 e. The van der Waals surface area contributed by atoms with Crippen LogP contribution in [-0.2, 0) is 4.79 Å². The first kappa shape index (κ1) is 16.5. The molecule has 2 fully saturated rings. The Balaban J connectivity index is 1.55. The highest BCUT2D eigenvalue weighted by Gasteiger charge is 2.31. The minimum atomic E-state index is 0.167. The molecule has 2 unspecified atom stereocenters. The first-order chi connectivity index (χ1) is 11.1. The third-order valence-electron chi connectivity index (χ3n) is 4.72. The molecule has 23 heavy (non-hydrogen) atoms. The fourth-order valence-corrected chi connectivity index (χ4v) is 3.51. The third kappa shape index (κ3) is 4.13. The molecular weight excluding hydrogens is 314 g/mol. The van der Waals surface area contributed by atoms with Crippen molar-refractivity contribution < 1.29 is 4.79 Å². The highest BCUT2D eigenvalue weighted by atomic mass is 35.5. The number of anilines is 1. The maximum Gasteiger partial charge on any atom is 0.242 e. The number of carbonyl (C=O) groups excluding carboxylic acids is 1. The van der Waals surface area contributed by atoms with Crippen molar-refractivity contribution in [2.24, 2.45) is 5.92 Å². The van der Waals surface area contributed by atoms with E-state index in [0.717, 1.165) is 38.3 Å². The summed E-state index contributed by atoms with van der Waals surface area (Å²) < 4.78 is 0. The number of carbonyl (C=O) groups is 1. The minimum absolute atomic E-state index is 0.167. The lowest BCUT2D eigenvalue weighted by Gasteiger charge is -2.36. The van der Waals surface area contributed by atoms with Gasteiger partial charge in [0.05, 0.1) is 11.6 Å². The number of nitrogens with one attached hydrogen (secondary N) is 2. The Bertz CT molecular complexity index is 532. The molecule has 2 N–H and O–H groups in total. The zero-order valence-electron chi connectivity index (χ0n) is 13.5. The Labute approximate surface area is 142 Å². The second kappa shape index (κ2) is 7.47. The molecule has 2 atom stereocenters. The van der Waals surface area contributed by atoms with Crippen LogP contribution in [0.25, 0.3) is 0 Å². The first-order valence-corrected chi connectivity index (χ1v) is 8.60. The maximum absolute atomic E-state index is 12.6. The van der Waals surface area contributed by atoms with Crippen LogP contribution in [0.4, 0.5) is 5.82 Å². The summed E-state index contributed by atoms with van der Waals surface area (Å²) in [4.78, 5) is 20.7. The Hall–Kier alpha value is -1.37. The average molecular weight is 338 g/mol. The van der Waals surface area contributed by atoms with Crippen LogP contribution >= 0.6 is 11.6 Å². The highest BCUT2D eigenvalue weighted by Crippen LogP contribution is 2.23. The molecule has 1 amide bonds. The van der Waals surface area contributed by atoms with Gasteiger partial charge in [-0.25, -0.2) is 4.98 Å². The number of likely N-dealkylation sites (N-methyl/N-ethyl adjacent to an activating group) is 1. The third-order valence-corrected chi connectivity index (χ3v) is 4.95. The summed E-state index contributed by atoms with van der Waals surface area (Å²) in [6.45, 7) is 3.06. The number of hydrogen-bond donors (Lipinski definition) is 2. The summed E-state index contributed by atoms with van der Waals surface area (Å²) in [5, 5.41) is 0.602. The summed E-state index contributed by atoms with van der Waals surface area (Å²) in [6.07, 6.45) is 5.02. The van der Waals surface area contributed by atoms with Crippen molar-refractivity contribution in [3.8, 4) is 0 Å². The van der Waals surface area contributed by atoms with E-state index in [1.807, 2.05) is 22.9 Å². The van der Waals surface area contributed by atoms with Crippen LogP contribution in [0.2, 0.25) is 5.02 Å². The molecule has 2 saturated heterocycles. The van der Waals surface area contributed by atoms with Crippen molar-refractivity contribution in [3.05, 3.63) is 23.4 Å². The van der Waals surface area contributed by atoms with Crippen molar-refractivity contribution in [2.45, 2.75) is 25.3 Å². The molecule has 0 aromatic carbocycles. The van der Waals surface area contributed by atoms with Gasteiger partial charge in [-0.05, 0) is 37.3 Å². The van der Waals surface area contributed by atoms with Crippen LogP contribution in [-0.4, -0.2) is 55.1 Å². The fourth-order valence-electron chi connectivity index (χ4n) is 3.40. The summed E-state index contributed by atoms with van der Waals surface area (Å²) in [6, 6.07) is 4.12. The minimum Gasteiger partial charge on any atom is -0.350 e. The molecule has 126 valence electrons. The van der Waals surface area contributed by atoms with E-state index in [-0.39, 0.29) is 5.91 Å². The number of rotatable bonds is 4. The molecule has 2 aliphatic rings. The summed E-state index contributed by atoms with van der Waals surface area (Å²) in [7, 11) is 1.89. The molecule has 7 heteroatoms. The fraction of sp³-hybridized carbons (Fsp3) is 0.625. The summed E-state index contributed by atoms with van der Waals surface area (Å²) in [5.74, 6) is 1.47. The van der Waals surface area contributed by atoms with Crippen LogP contribution in [0.5, 0.6) is 0 Å². The standard InChI is InChI=1S/C16H24ClN5O/c1-21(15-5-4-13(17)9-18-15)11-16(23)22-8-2-3-12(10-22)14-6-7-19-20-14/h4-5,9,12,14,19-20H,2-3,6-8,10-11H2,1H3. The second-order valence-electron chi connectivity index (χ2n) is 6.40. The maximum atomic E-state index is 12.6. The van der Waals surface area contributed by atoms with Crippen molar-refractivity contribution >= 4 is 23.3 Å². The lowest BCUT2D eigenvalue weighted by Crippen LogP contribution is -2.49. The van der Waals surface area contributed by atoms with Crippen LogP contribution in [0.15, 0.2) is 18.3 Å². The van der Waals surface area contributed by atoms with E-state index in [1.54, 1.807) is 12.3 Å². The number of piperidine rings is 1. The number of hydrazine groups is 1. The molecule has 0 saturated carbocycles. The molecule has 1 aromatic rings. The number of nitrogens with zero attached hydrogens (tertiary/aromatic N) is 3. The lowest BCUT2D eigenvalue weighted by atomic mass is 9.90. The van der Waals surface area contributed by atoms with Crippen molar-refractivity contribution in [1.29, 1.82) is 0 Å². The van der Waals surface area contributed by atoms with Crippen molar-refractivity contribution in [1.82, 2.24) is 20.7 Å². The van der Waals surface area contributed by atoms with E-state index in [2.05, 4.69) is 15.8 Å². The normalized spacial score (nSPS) is 24.7. The zero-order chi connectivity index (χ0) is 16.2. The van der Waals surface area contributed by atoms with Crippen LogP contribution < -0.4 is 15.8 Å². The first-order valence-electron chi connectivity index (χ1n) is 8.22. The molecular formula is C16H24ClN5O. The average Bonchev–Trinajstić information content (AvgIpc) is 3.10. The lowest BCUT2D eigenvalue weighted by molar-refractivity contribution is -0.131. The molecule has 6 nitrogen and oxygen atoms in total. The van der Waals surface area contributed by atoms with Gasteiger partial charge in [-0.3, -0.25) is 15.6 Å². The number of amides is 1. The Morgan fingerprint density at radius 2 is 2.35 bits per heavy atom. The van der Waals surface area contributed by atoms with E-state index < -0.39 is 0 Å². The van der Waals surface area contributed by atoms with Gasteiger partial charge in [-0.2, -0.15) is 0 Å². The van der Waals surface area contributed by atoms with Gasteiger partial charge in [0.2, 0.25) is 5.91 Å². The van der Waals surface area contributed by atoms with E-state index in [1.165, 1.54) is 6.42 Å². The van der Waals surface area contributed by atoms with Crippen molar-refractivity contribution in [2.75, 3.05) is 38.1 Å². The molecule has 0 spiro atoms. The predicted molar refractivity (Wildman–Crippen MR) is 91.4 cm³/mol. The van der Waals surface area contributed by atoms with Gasteiger partial charge < -0.3 is 9.80 Å². The Kier molecular flexibility index (Phi) is 5.35. The molecule has 3 heterocycles.